The molecule has 0 aromatic carbocycles. The van der Waals surface area contributed by atoms with E-state index in [-0.39, 0.29) is 17.4 Å². The minimum Gasteiger partial charge on any atom is -0.211 e. The highest BCUT2D eigenvalue weighted by Crippen LogP contribution is 2.31. The normalized spacial score (nSPS) is 14.5. The molecule has 4 nitrogen and oxygen atoms in total. The quantitative estimate of drug-likeness (QED) is 0.395. The summed E-state index contributed by atoms with van der Waals surface area (Å²) in [4.78, 5) is 27.6. The number of hydrogen-bond donors (Lipinski definition) is 0. The molecule has 0 amide bonds. The highest BCUT2D eigenvalue weighted by Gasteiger charge is 2.27. The number of aliphatic imine (C=N–C) groups is 2. The summed E-state index contributed by atoms with van der Waals surface area (Å²) in [5.41, 5.74) is 0.0962. The van der Waals surface area contributed by atoms with Gasteiger partial charge in [0, 0.05) is 0 Å². The first-order valence-corrected chi connectivity index (χ1v) is 5.54. The van der Waals surface area contributed by atoms with Crippen LogP contribution in [0.5, 0.6) is 0 Å². The maximum Gasteiger partial charge on any atom is 0.235 e. The second-order valence-corrected chi connectivity index (χ2v) is 5.06. The lowest BCUT2D eigenvalue weighted by molar-refractivity contribution is 0.214. The molecular formula is C12H20N2O2. The Kier molecular flexibility index (Phi) is 6.55. The van der Waals surface area contributed by atoms with Gasteiger partial charge in [-0.15, -0.1) is 0 Å². The lowest BCUT2D eigenvalue weighted by Crippen LogP contribution is -2.28. The fraction of sp³-hybridized carbons (Fsp3) is 0.833. The molecule has 0 saturated carbocycles. The van der Waals surface area contributed by atoms with Crippen LogP contribution in [0.3, 0.4) is 0 Å². The molecule has 0 saturated heterocycles. The third kappa shape index (κ3) is 5.59. The van der Waals surface area contributed by atoms with E-state index in [1.54, 1.807) is 6.08 Å². The Morgan fingerprint density at radius 2 is 1.81 bits per heavy atom. The van der Waals surface area contributed by atoms with Crippen LogP contribution in [0.15, 0.2) is 9.98 Å². The molecule has 16 heavy (non-hydrogen) atoms. The van der Waals surface area contributed by atoms with E-state index < -0.39 is 0 Å². The minimum absolute atomic E-state index is 0.0423. The Balaban J connectivity index is 4.38. The number of hydrogen-bond acceptors (Lipinski definition) is 4. The fourth-order valence-corrected chi connectivity index (χ4v) is 1.50. The zero-order chi connectivity index (χ0) is 12.6. The second-order valence-electron chi connectivity index (χ2n) is 5.06. The Hall–Kier alpha value is -1.24. The van der Waals surface area contributed by atoms with Crippen LogP contribution in [0.1, 0.15) is 40.5 Å². The van der Waals surface area contributed by atoms with Crippen LogP contribution >= 0.6 is 0 Å². The molecule has 0 aromatic heterocycles. The van der Waals surface area contributed by atoms with Crippen LogP contribution in [-0.4, -0.2) is 24.7 Å². The monoisotopic (exact) mass is 224 g/mol. The predicted octanol–water partition coefficient (Wildman–Crippen LogP) is 2.49. The van der Waals surface area contributed by atoms with Gasteiger partial charge in [0.25, 0.3) is 0 Å². The third-order valence-corrected chi connectivity index (χ3v) is 3.00. The lowest BCUT2D eigenvalue weighted by atomic mass is 9.76. The van der Waals surface area contributed by atoms with Crippen LogP contribution < -0.4 is 0 Å². The van der Waals surface area contributed by atoms with E-state index in [4.69, 9.17) is 0 Å². The summed E-state index contributed by atoms with van der Waals surface area (Å²) in [5.74, 6) is 0.286. The van der Waals surface area contributed by atoms with Crippen molar-refractivity contribution in [3.05, 3.63) is 0 Å². The van der Waals surface area contributed by atoms with Gasteiger partial charge in [-0.05, 0) is 24.2 Å². The lowest BCUT2D eigenvalue weighted by Gasteiger charge is -2.31. The second kappa shape index (κ2) is 7.10. The molecule has 0 fully saturated rings. The van der Waals surface area contributed by atoms with Crippen molar-refractivity contribution in [1.82, 2.24) is 0 Å². The molecule has 0 rings (SSSR count). The van der Waals surface area contributed by atoms with Crippen LogP contribution in [0, 0.1) is 11.3 Å². The molecule has 2 unspecified atom stereocenters. The molecule has 0 aliphatic carbocycles. The molecule has 2 atom stereocenters. The smallest absolute Gasteiger partial charge is 0.211 e. The van der Waals surface area contributed by atoms with Crippen molar-refractivity contribution < 1.29 is 9.59 Å². The zero-order valence-corrected chi connectivity index (χ0v) is 10.5. The van der Waals surface area contributed by atoms with E-state index in [1.807, 2.05) is 0 Å². The van der Waals surface area contributed by atoms with Gasteiger partial charge in [-0.25, -0.2) is 19.6 Å². The van der Waals surface area contributed by atoms with Gasteiger partial charge in [0.05, 0.1) is 12.6 Å². The fourth-order valence-electron chi connectivity index (χ4n) is 1.50. The largest absolute Gasteiger partial charge is 0.235 e. The van der Waals surface area contributed by atoms with Gasteiger partial charge in [-0.1, -0.05) is 27.7 Å². The van der Waals surface area contributed by atoms with Crippen molar-refractivity contribution >= 4 is 12.2 Å². The molecule has 0 aliphatic heterocycles. The van der Waals surface area contributed by atoms with E-state index in [9.17, 15) is 9.59 Å². The summed E-state index contributed by atoms with van der Waals surface area (Å²) < 4.78 is 0. The van der Waals surface area contributed by atoms with Gasteiger partial charge in [0.2, 0.25) is 12.2 Å². The van der Waals surface area contributed by atoms with Crippen LogP contribution in [0.2, 0.25) is 0 Å². The van der Waals surface area contributed by atoms with Crippen molar-refractivity contribution in [1.29, 1.82) is 0 Å². The first-order valence-electron chi connectivity index (χ1n) is 5.54. The van der Waals surface area contributed by atoms with Crippen molar-refractivity contribution in [2.24, 2.45) is 21.3 Å². The predicted molar refractivity (Wildman–Crippen MR) is 62.8 cm³/mol. The first-order chi connectivity index (χ1) is 7.43. The molecule has 0 N–H and O–H groups in total. The van der Waals surface area contributed by atoms with E-state index in [1.165, 1.54) is 6.08 Å². The molecule has 0 aromatic rings. The van der Waals surface area contributed by atoms with Crippen molar-refractivity contribution in [3.8, 4) is 0 Å². The highest BCUT2D eigenvalue weighted by molar-refractivity contribution is 5.34. The van der Waals surface area contributed by atoms with E-state index in [0.29, 0.717) is 6.54 Å². The molecule has 90 valence electrons. The standard InChI is InChI=1S/C12H20N2O2/c1-10(12(2,3)4)11(14-9-16)6-5-7-13-8-15/h10-11H,5-7H2,1-4H3. The first kappa shape index (κ1) is 14.8. The van der Waals surface area contributed by atoms with Crippen LogP contribution in [0.4, 0.5) is 0 Å². The van der Waals surface area contributed by atoms with E-state index in [2.05, 4.69) is 37.7 Å². The van der Waals surface area contributed by atoms with E-state index in [0.717, 1.165) is 12.8 Å². The van der Waals surface area contributed by atoms with Gasteiger partial charge in [-0.2, -0.15) is 0 Å². The summed E-state index contributed by atoms with van der Waals surface area (Å²) in [6, 6.07) is -0.0423. The third-order valence-electron chi connectivity index (χ3n) is 3.00. The molecule has 0 bridgehead atoms. The van der Waals surface area contributed by atoms with Crippen LogP contribution in [0.25, 0.3) is 0 Å². The Morgan fingerprint density at radius 3 is 2.25 bits per heavy atom. The summed E-state index contributed by atoms with van der Waals surface area (Å²) in [7, 11) is 0. The van der Waals surface area contributed by atoms with Crippen molar-refractivity contribution in [2.75, 3.05) is 6.54 Å². The molecule has 0 spiro atoms. The highest BCUT2D eigenvalue weighted by atomic mass is 16.1. The molecule has 0 heterocycles. The average Bonchev–Trinajstić information content (AvgIpc) is 2.20. The average molecular weight is 224 g/mol. The number of nitrogens with zero attached hydrogens (tertiary/aromatic N) is 2. The summed E-state index contributed by atoms with van der Waals surface area (Å²) in [5, 5.41) is 0. The summed E-state index contributed by atoms with van der Waals surface area (Å²) in [6.07, 6.45) is 4.62. The van der Waals surface area contributed by atoms with Crippen molar-refractivity contribution in [3.63, 3.8) is 0 Å². The minimum atomic E-state index is -0.0423. The molecule has 0 radical (unpaired) electrons. The Labute approximate surface area is 96.9 Å². The summed E-state index contributed by atoms with van der Waals surface area (Å²) in [6.45, 7) is 8.89. The topological polar surface area (TPSA) is 58.9 Å². The molecular weight excluding hydrogens is 204 g/mol. The number of isocyanates is 2. The van der Waals surface area contributed by atoms with Gasteiger partial charge in [0.1, 0.15) is 0 Å². The van der Waals surface area contributed by atoms with Gasteiger partial charge >= 0.3 is 0 Å². The SMILES string of the molecule is CC(C(CCCN=C=O)N=C=O)C(C)(C)C. The molecule has 0 aliphatic rings. The van der Waals surface area contributed by atoms with Crippen molar-refractivity contribution in [2.45, 2.75) is 46.6 Å². The van der Waals surface area contributed by atoms with Gasteiger partial charge in [-0.3, -0.25) is 0 Å². The zero-order valence-electron chi connectivity index (χ0n) is 10.5. The molecule has 4 heteroatoms. The number of carbonyl (C=O) groups excluding carboxylic acids is 2. The maximum atomic E-state index is 10.4. The summed E-state index contributed by atoms with van der Waals surface area (Å²) >= 11 is 0. The Morgan fingerprint density at radius 1 is 1.19 bits per heavy atom. The van der Waals surface area contributed by atoms with Gasteiger partial charge in [0.15, 0.2) is 0 Å². The van der Waals surface area contributed by atoms with Gasteiger partial charge < -0.3 is 0 Å². The maximum absolute atomic E-state index is 10.4. The van der Waals surface area contributed by atoms with E-state index >= 15 is 0 Å². The van der Waals surface area contributed by atoms with Crippen LogP contribution in [-0.2, 0) is 9.59 Å². The number of rotatable bonds is 6. The Bertz CT molecular complexity index is 295.